The third-order valence-electron chi connectivity index (χ3n) is 20.3. The minimum atomic E-state index is -1.19. The zero-order chi connectivity index (χ0) is 93.5. The number of amides is 5. The normalized spacial score (nSPS) is 13.7. The monoisotopic (exact) mass is 1840 g/mol. The molecule has 3 aliphatic rings. The van der Waals surface area contributed by atoms with E-state index in [9.17, 15) is 72.7 Å². The van der Waals surface area contributed by atoms with Gasteiger partial charge in [0.15, 0.2) is 116 Å². The first-order valence-corrected chi connectivity index (χ1v) is 40.3. The molecule has 2 atom stereocenters. The number of nitrogens with one attached hydrogen (secondary N) is 9. The summed E-state index contributed by atoms with van der Waals surface area (Å²) < 4.78 is 168. The predicted molar refractivity (Wildman–Crippen MR) is 448 cm³/mol. The summed E-state index contributed by atoms with van der Waals surface area (Å²) in [6, 6.07) is 18.6. The number of nitrogen functional groups attached to an aromatic ring is 1. The molecule has 0 bridgehead atoms. The Morgan fingerprint density at radius 2 is 0.895 bits per heavy atom. The molecule has 0 saturated carbocycles. The molecule has 48 heteroatoms. The molecule has 2 saturated heterocycles. The zero-order valence-corrected chi connectivity index (χ0v) is 69.5. The van der Waals surface area contributed by atoms with Crippen molar-refractivity contribution in [1.82, 2.24) is 130 Å². The number of rotatable bonds is 23. The Hall–Kier alpha value is -16.8. The van der Waals surface area contributed by atoms with Crippen molar-refractivity contribution in [3.8, 4) is 102 Å². The number of nitrogens with two attached hydrogens (primary N) is 1. The minimum Gasteiger partial charge on any atom is -0.376 e. The van der Waals surface area contributed by atoms with E-state index >= 15 is 0 Å². The van der Waals surface area contributed by atoms with E-state index in [2.05, 4.69) is 107 Å². The Morgan fingerprint density at radius 3 is 1.35 bits per heavy atom. The number of benzene rings is 5. The van der Waals surface area contributed by atoms with Gasteiger partial charge in [0.1, 0.15) is 28.5 Å². The van der Waals surface area contributed by atoms with Crippen molar-refractivity contribution >= 4 is 35.5 Å². The zero-order valence-electron chi connectivity index (χ0n) is 69.5. The maximum absolute atomic E-state index is 14.2. The van der Waals surface area contributed by atoms with Crippen LogP contribution >= 0.6 is 0 Å². The molecule has 16 aromatic rings. The molecule has 5 amide bonds. The lowest BCUT2D eigenvalue weighted by molar-refractivity contribution is 0.0786. The lowest BCUT2D eigenvalue weighted by atomic mass is 10.1. The number of carbonyl (C=O) groups excluding carboxylic acids is 5. The fraction of sp³-hybridized carbons (Fsp3) is 0.200. The van der Waals surface area contributed by atoms with Crippen LogP contribution < -0.4 is 27.4 Å². The average molecular weight is 1840 g/mol. The second kappa shape index (κ2) is 41.1. The Morgan fingerprint density at radius 1 is 0.481 bits per heavy atom. The van der Waals surface area contributed by atoms with Crippen LogP contribution in [0.25, 0.3) is 102 Å². The number of carbonyl (C=O) groups is 5. The number of nitrogens with zero attached hydrogens (tertiary/aromatic N) is 17. The first kappa shape index (κ1) is 90.9. The summed E-state index contributed by atoms with van der Waals surface area (Å²) in [5, 5.41) is 32.8. The molecule has 0 aliphatic carbocycles. The van der Waals surface area contributed by atoms with Crippen LogP contribution in [0.15, 0.2) is 190 Å². The highest BCUT2D eigenvalue weighted by Crippen LogP contribution is 2.38. The topological polar surface area (TPSA) is 493 Å². The molecule has 2 fully saturated rings. The van der Waals surface area contributed by atoms with Gasteiger partial charge in [-0.1, -0.05) is 76.2 Å². The van der Waals surface area contributed by atoms with E-state index in [1.165, 1.54) is 115 Å². The largest absolute Gasteiger partial charge is 0.376 e. The standard InChI is InChI=1S/C19H16F2N6O2.C17H17F2N7O2.C17H16F2N6O3.C17H12F2N4O2.C15H12F2N4O2/c20-14-4-1-3-12(16(14)21)13-9-25-29-17(13)15-10-24-18(26-15)19(28)23-5-2-7-27-8-6-22-11-27;18-10-4-1-5-12(13(10)19)26-15(24-25-17(26)20)11-8-21-14(23-11)16(27)22-7-9-3-2-6-28-9;18-10-4-1-5-12(13(10)19)25-15(23-24-17(25)27)11-8-20-14(22-11)16(26)21-7-9-3-2-6-28-9;18-12-5-3-4-10(14(12)19)11-8-21-25-15(11)13-9-20-16(22-13)17(24)23-6-1-2-7-23;1-21(2)15(22)14-18-7-11(20-14)13-9(6-19-23-13)8-4-3-5-10(16)12(8)17/h1,3-4,6,8-11H,2,5,7H2,(H,23,28)(H,24,26);1,4-5,8-9H,2-3,6-7H2,(H2,20,25)(H,21,23)(H,22,27);1,4-5,8-9H,2-3,6-7H2,(H,20,22)(H,21,26)(H,24,27);1-5,8-9H,6-7H2,(H,20,22);3-7H,1-2H3,(H,18,20)/t;2*9-;;/m.00../s1. The van der Waals surface area contributed by atoms with E-state index in [-0.39, 0.29) is 150 Å². The number of aromatic amines is 6. The van der Waals surface area contributed by atoms with Crippen LogP contribution in [0.3, 0.4) is 0 Å². The van der Waals surface area contributed by atoms with E-state index in [1.54, 1.807) is 31.5 Å². The highest BCUT2D eigenvalue weighted by atomic mass is 19.2. The van der Waals surface area contributed by atoms with E-state index in [4.69, 9.17) is 28.8 Å². The van der Waals surface area contributed by atoms with Crippen LogP contribution in [0.2, 0.25) is 0 Å². The Labute approximate surface area is 741 Å². The molecule has 3 aliphatic heterocycles. The molecule has 19 rings (SSSR count). The number of hydrogen-bond acceptors (Lipinski definition) is 24. The van der Waals surface area contributed by atoms with Gasteiger partial charge in [-0.2, -0.15) is 5.10 Å². The molecule has 684 valence electrons. The maximum atomic E-state index is 14.2. The third kappa shape index (κ3) is 20.7. The molecule has 0 spiro atoms. The number of anilines is 1. The summed E-state index contributed by atoms with van der Waals surface area (Å²) in [6.07, 6.45) is 24.1. The van der Waals surface area contributed by atoms with E-state index < -0.39 is 75.7 Å². The summed E-state index contributed by atoms with van der Waals surface area (Å²) >= 11 is 0. The highest BCUT2D eigenvalue weighted by molar-refractivity contribution is 5.94. The highest BCUT2D eigenvalue weighted by Gasteiger charge is 2.30. The average Bonchev–Trinajstić information content (AvgIpc) is 1.64. The summed E-state index contributed by atoms with van der Waals surface area (Å²) in [5.41, 5.74) is 6.83. The minimum absolute atomic E-state index is 0.00125. The Balaban J connectivity index is 0.000000127. The number of ether oxygens (including phenoxy) is 2. The van der Waals surface area contributed by atoms with Gasteiger partial charge in [-0.05, 0) is 74.6 Å². The van der Waals surface area contributed by atoms with Gasteiger partial charge < -0.3 is 84.0 Å². The van der Waals surface area contributed by atoms with Crippen molar-refractivity contribution < 1.29 is 90.9 Å². The molecule has 133 heavy (non-hydrogen) atoms. The van der Waals surface area contributed by atoms with Crippen LogP contribution in [0, 0.1) is 58.2 Å². The summed E-state index contributed by atoms with van der Waals surface area (Å²) in [6.45, 7) is 4.34. The van der Waals surface area contributed by atoms with E-state index in [0.717, 1.165) is 78.1 Å². The molecule has 38 nitrogen and oxygen atoms in total. The van der Waals surface area contributed by atoms with Crippen LogP contribution in [-0.4, -0.2) is 216 Å². The van der Waals surface area contributed by atoms with Crippen LogP contribution in [0.5, 0.6) is 0 Å². The third-order valence-corrected chi connectivity index (χ3v) is 20.3. The van der Waals surface area contributed by atoms with Gasteiger partial charge in [-0.15, -0.1) is 10.2 Å². The Kier molecular flexibility index (Phi) is 28.1. The molecular weight excluding hydrogens is 1770 g/mol. The van der Waals surface area contributed by atoms with Gasteiger partial charge in [-0.25, -0.2) is 88.3 Å². The van der Waals surface area contributed by atoms with Crippen molar-refractivity contribution in [2.45, 2.75) is 50.9 Å². The molecule has 5 aromatic carbocycles. The van der Waals surface area contributed by atoms with Gasteiger partial charge in [0.2, 0.25) is 5.95 Å². The number of imidazole rings is 6. The van der Waals surface area contributed by atoms with Gasteiger partial charge >= 0.3 is 5.69 Å². The van der Waals surface area contributed by atoms with Crippen molar-refractivity contribution in [2.24, 2.45) is 0 Å². The SMILES string of the molecule is CN(C)C(=O)c1ncc(-c2oncc2-c2cccc(F)c2F)[nH]1.Nc1nnc(-c2cnc(C(=O)NC[C@@H]3CCCO3)[nH]2)n1-c1cccc(F)c1F.O=C(NCCCn1ccnc1)c1ncc(-c2oncc2-c2cccc(F)c2F)[nH]1.O=C(NC[C@@H]1CCCO1)c1ncc(-c2n[nH]c(=O)n2-c2cccc(F)c2F)[nH]1.O=C(c1ncc(-c2oncc2-c2cccc(F)c2F)[nH]1)N1CC=CC1. The Bertz CT molecular complexity index is 6920. The first-order chi connectivity index (χ1) is 64.3. The number of aryl methyl sites for hydroxylation is 1. The lowest BCUT2D eigenvalue weighted by Gasteiger charge is -2.12. The van der Waals surface area contributed by atoms with Gasteiger partial charge in [-0.3, -0.25) is 28.5 Å². The number of hydrogen-bond donors (Lipinski definition) is 10. The number of halogens is 10. The molecule has 14 heterocycles. The predicted octanol–water partition coefficient (Wildman–Crippen LogP) is 11.3. The summed E-state index contributed by atoms with van der Waals surface area (Å²) in [5.74, 6) is -11.4. The maximum Gasteiger partial charge on any atom is 0.348 e. The molecule has 0 radical (unpaired) electrons. The molecule has 0 unspecified atom stereocenters. The summed E-state index contributed by atoms with van der Waals surface area (Å²) in [7, 11) is 3.18. The fourth-order valence-electron chi connectivity index (χ4n) is 13.7. The van der Waals surface area contributed by atoms with Crippen molar-refractivity contribution in [3.05, 3.63) is 269 Å². The second-order valence-electron chi connectivity index (χ2n) is 29.3. The summed E-state index contributed by atoms with van der Waals surface area (Å²) in [4.78, 5) is 114. The number of H-pyrrole nitrogens is 6. The molecular formula is C85H73F10N27O11. The van der Waals surface area contributed by atoms with Crippen LogP contribution in [0.1, 0.15) is 85.2 Å². The second-order valence-corrected chi connectivity index (χ2v) is 29.3. The van der Waals surface area contributed by atoms with Crippen LogP contribution in [-0.2, 0) is 16.0 Å². The quantitative estimate of drug-likeness (QED) is 0.0161. The van der Waals surface area contributed by atoms with E-state index in [0.29, 0.717) is 63.0 Å². The van der Waals surface area contributed by atoms with Crippen molar-refractivity contribution in [2.75, 3.05) is 65.8 Å². The number of aromatic nitrogens is 21. The van der Waals surface area contributed by atoms with Gasteiger partial charge in [0.05, 0.1) is 96.2 Å². The van der Waals surface area contributed by atoms with Crippen molar-refractivity contribution in [3.63, 3.8) is 0 Å². The van der Waals surface area contributed by atoms with Gasteiger partial charge in [0, 0.05) is 95.7 Å². The van der Waals surface area contributed by atoms with Crippen molar-refractivity contribution in [1.29, 1.82) is 0 Å². The fourth-order valence-corrected chi connectivity index (χ4v) is 13.7. The smallest absolute Gasteiger partial charge is 0.348 e. The molecule has 11 N–H and O–H groups in total. The first-order valence-electron chi connectivity index (χ1n) is 40.3. The van der Waals surface area contributed by atoms with Gasteiger partial charge in [0.25, 0.3) is 29.5 Å². The molecule has 11 aromatic heterocycles. The lowest BCUT2D eigenvalue weighted by Crippen LogP contribution is -2.32. The van der Waals surface area contributed by atoms with Crippen LogP contribution in [0.4, 0.5) is 49.9 Å². The van der Waals surface area contributed by atoms with E-state index in [1.807, 2.05) is 22.9 Å².